The van der Waals surface area contributed by atoms with Gasteiger partial charge in [0.2, 0.25) is 5.91 Å². The van der Waals surface area contributed by atoms with E-state index in [2.05, 4.69) is 41.8 Å². The standard InChI is InChI=1S/C27H27N3O2/c1-3-32-23-13-11-22(12-14-23)29-18-21(16-26(29)31)27-28-24-9-4-5-10-25(24)30(27)17-20-8-6-7-19(2)15-20/h4-15,21H,3,16-18H2,1-2H3/t21-/m1/s1. The normalized spacial score (nSPS) is 16.1. The third-order valence-corrected chi connectivity index (χ3v) is 6.06. The Morgan fingerprint density at radius 1 is 1.03 bits per heavy atom. The van der Waals surface area contributed by atoms with Crippen molar-refractivity contribution in [1.82, 2.24) is 9.55 Å². The number of anilines is 1. The van der Waals surface area contributed by atoms with Crippen LogP contribution < -0.4 is 9.64 Å². The van der Waals surface area contributed by atoms with Crippen molar-refractivity contribution in [2.24, 2.45) is 0 Å². The van der Waals surface area contributed by atoms with Gasteiger partial charge in [-0.05, 0) is 55.8 Å². The van der Waals surface area contributed by atoms with Crippen molar-refractivity contribution in [3.05, 3.63) is 89.7 Å². The van der Waals surface area contributed by atoms with E-state index in [1.807, 2.05) is 54.3 Å². The fourth-order valence-electron chi connectivity index (χ4n) is 4.58. The third kappa shape index (κ3) is 3.86. The molecule has 1 amide bonds. The van der Waals surface area contributed by atoms with Gasteiger partial charge >= 0.3 is 0 Å². The van der Waals surface area contributed by atoms with Crippen molar-refractivity contribution in [1.29, 1.82) is 0 Å². The molecule has 1 aromatic heterocycles. The van der Waals surface area contributed by atoms with Crippen LogP contribution in [0.15, 0.2) is 72.8 Å². The summed E-state index contributed by atoms with van der Waals surface area (Å²) in [6.07, 6.45) is 0.463. The molecule has 0 saturated carbocycles. The molecule has 162 valence electrons. The molecule has 1 aliphatic rings. The predicted molar refractivity (Wildman–Crippen MR) is 127 cm³/mol. The zero-order valence-corrected chi connectivity index (χ0v) is 18.5. The van der Waals surface area contributed by atoms with E-state index in [0.717, 1.165) is 34.8 Å². The Morgan fingerprint density at radius 2 is 1.84 bits per heavy atom. The van der Waals surface area contributed by atoms with Gasteiger partial charge in [-0.15, -0.1) is 0 Å². The van der Waals surface area contributed by atoms with Crippen LogP contribution >= 0.6 is 0 Å². The fourth-order valence-corrected chi connectivity index (χ4v) is 4.58. The summed E-state index contributed by atoms with van der Waals surface area (Å²) in [7, 11) is 0. The topological polar surface area (TPSA) is 47.4 Å². The third-order valence-electron chi connectivity index (χ3n) is 6.06. The summed E-state index contributed by atoms with van der Waals surface area (Å²) in [5.41, 5.74) is 5.47. The summed E-state index contributed by atoms with van der Waals surface area (Å²) < 4.78 is 7.82. The van der Waals surface area contributed by atoms with Gasteiger partial charge in [-0.25, -0.2) is 4.98 Å². The number of fused-ring (bicyclic) bond motifs is 1. The average Bonchev–Trinajstić information content (AvgIpc) is 3.35. The molecule has 3 aromatic carbocycles. The van der Waals surface area contributed by atoms with E-state index in [9.17, 15) is 4.79 Å². The first-order chi connectivity index (χ1) is 15.6. The van der Waals surface area contributed by atoms with E-state index in [1.165, 1.54) is 11.1 Å². The highest BCUT2D eigenvalue weighted by molar-refractivity contribution is 5.96. The maximum Gasteiger partial charge on any atom is 0.227 e. The maximum absolute atomic E-state index is 13.0. The van der Waals surface area contributed by atoms with Gasteiger partial charge in [0, 0.05) is 31.1 Å². The van der Waals surface area contributed by atoms with Crippen molar-refractivity contribution >= 4 is 22.6 Å². The number of aryl methyl sites for hydroxylation is 1. The second kappa shape index (κ2) is 8.50. The van der Waals surface area contributed by atoms with Crippen LogP contribution in [0.25, 0.3) is 11.0 Å². The second-order valence-corrected chi connectivity index (χ2v) is 8.37. The smallest absolute Gasteiger partial charge is 0.227 e. The van der Waals surface area contributed by atoms with E-state index in [1.54, 1.807) is 0 Å². The van der Waals surface area contributed by atoms with Crippen molar-refractivity contribution in [3.63, 3.8) is 0 Å². The number of rotatable bonds is 6. The number of carbonyl (C=O) groups excluding carboxylic acids is 1. The predicted octanol–water partition coefficient (Wildman–Crippen LogP) is 5.31. The van der Waals surface area contributed by atoms with Gasteiger partial charge in [0.25, 0.3) is 0 Å². The van der Waals surface area contributed by atoms with Crippen molar-refractivity contribution in [3.8, 4) is 5.75 Å². The Morgan fingerprint density at radius 3 is 2.62 bits per heavy atom. The SMILES string of the molecule is CCOc1ccc(N2C[C@H](c3nc4ccccc4n3Cc3cccc(C)c3)CC2=O)cc1. The summed E-state index contributed by atoms with van der Waals surface area (Å²) in [5, 5.41) is 0. The molecule has 0 spiro atoms. The van der Waals surface area contributed by atoms with Gasteiger partial charge in [-0.3, -0.25) is 4.79 Å². The number of carbonyl (C=O) groups is 1. The minimum Gasteiger partial charge on any atom is -0.494 e. The lowest BCUT2D eigenvalue weighted by atomic mass is 10.1. The molecule has 0 aliphatic carbocycles. The minimum absolute atomic E-state index is 0.0475. The van der Waals surface area contributed by atoms with Gasteiger partial charge in [0.05, 0.1) is 17.6 Å². The van der Waals surface area contributed by atoms with Gasteiger partial charge in [-0.2, -0.15) is 0 Å². The lowest BCUT2D eigenvalue weighted by Gasteiger charge is -2.18. The first kappa shape index (κ1) is 20.3. The van der Waals surface area contributed by atoms with Gasteiger partial charge in [-0.1, -0.05) is 42.0 Å². The Hall–Kier alpha value is -3.60. The molecular formula is C27H27N3O2. The van der Waals surface area contributed by atoms with Crippen molar-refractivity contribution in [2.75, 3.05) is 18.1 Å². The first-order valence-electron chi connectivity index (χ1n) is 11.2. The van der Waals surface area contributed by atoms with Crippen LogP contribution in [0.3, 0.4) is 0 Å². The highest BCUT2D eigenvalue weighted by Crippen LogP contribution is 2.34. The zero-order valence-electron chi connectivity index (χ0n) is 18.5. The van der Waals surface area contributed by atoms with Gasteiger partial charge < -0.3 is 14.2 Å². The van der Waals surface area contributed by atoms with E-state index in [0.29, 0.717) is 19.6 Å². The molecule has 1 saturated heterocycles. The Kier molecular flexibility index (Phi) is 5.39. The maximum atomic E-state index is 13.0. The Labute approximate surface area is 188 Å². The molecule has 1 aliphatic heterocycles. The second-order valence-electron chi connectivity index (χ2n) is 8.37. The van der Waals surface area contributed by atoms with Gasteiger partial charge in [0.1, 0.15) is 11.6 Å². The molecule has 1 fully saturated rings. The number of imidazole rings is 1. The molecule has 5 rings (SSSR count). The monoisotopic (exact) mass is 425 g/mol. The van der Waals surface area contributed by atoms with E-state index in [-0.39, 0.29) is 11.8 Å². The molecule has 1 atom stereocenters. The first-order valence-corrected chi connectivity index (χ1v) is 11.2. The van der Waals surface area contributed by atoms with Crippen molar-refractivity contribution < 1.29 is 9.53 Å². The number of benzene rings is 3. The molecular weight excluding hydrogens is 398 g/mol. The number of amides is 1. The number of ether oxygens (including phenoxy) is 1. The highest BCUT2D eigenvalue weighted by atomic mass is 16.5. The van der Waals surface area contributed by atoms with Crippen LogP contribution in [0, 0.1) is 6.92 Å². The van der Waals surface area contributed by atoms with Gasteiger partial charge in [0.15, 0.2) is 0 Å². The quantitative estimate of drug-likeness (QED) is 0.420. The minimum atomic E-state index is 0.0475. The molecule has 32 heavy (non-hydrogen) atoms. The van der Waals surface area contributed by atoms with Crippen LogP contribution in [0.2, 0.25) is 0 Å². The lowest BCUT2D eigenvalue weighted by molar-refractivity contribution is -0.117. The van der Waals surface area contributed by atoms with E-state index >= 15 is 0 Å². The molecule has 0 N–H and O–H groups in total. The number of hydrogen-bond donors (Lipinski definition) is 0. The average molecular weight is 426 g/mol. The zero-order chi connectivity index (χ0) is 22.1. The Balaban J connectivity index is 1.47. The number of hydrogen-bond acceptors (Lipinski definition) is 3. The van der Waals surface area contributed by atoms with E-state index in [4.69, 9.17) is 9.72 Å². The number of nitrogens with zero attached hydrogens (tertiary/aromatic N) is 3. The van der Waals surface area contributed by atoms with Crippen LogP contribution in [0.4, 0.5) is 5.69 Å². The fraction of sp³-hybridized carbons (Fsp3) is 0.259. The number of aromatic nitrogens is 2. The molecule has 2 heterocycles. The largest absolute Gasteiger partial charge is 0.494 e. The molecule has 0 radical (unpaired) electrons. The van der Waals surface area contributed by atoms with Crippen molar-refractivity contribution in [2.45, 2.75) is 32.7 Å². The molecule has 0 unspecified atom stereocenters. The summed E-state index contributed by atoms with van der Waals surface area (Å²) in [6, 6.07) is 24.6. The summed E-state index contributed by atoms with van der Waals surface area (Å²) in [4.78, 5) is 19.8. The van der Waals surface area contributed by atoms with Crippen LogP contribution in [0.5, 0.6) is 5.75 Å². The summed E-state index contributed by atoms with van der Waals surface area (Å²) >= 11 is 0. The molecule has 5 heteroatoms. The molecule has 4 aromatic rings. The van der Waals surface area contributed by atoms with Crippen LogP contribution in [-0.4, -0.2) is 28.6 Å². The molecule has 5 nitrogen and oxygen atoms in total. The Bertz CT molecular complexity index is 1260. The molecule has 0 bridgehead atoms. The van der Waals surface area contributed by atoms with Crippen LogP contribution in [-0.2, 0) is 11.3 Å². The summed E-state index contributed by atoms with van der Waals surface area (Å²) in [6.45, 7) is 6.07. The lowest BCUT2D eigenvalue weighted by Crippen LogP contribution is -2.24. The number of para-hydroxylation sites is 2. The highest BCUT2D eigenvalue weighted by Gasteiger charge is 2.34. The summed E-state index contributed by atoms with van der Waals surface area (Å²) in [5.74, 6) is 1.98. The van der Waals surface area contributed by atoms with E-state index < -0.39 is 0 Å². The van der Waals surface area contributed by atoms with Crippen LogP contribution in [0.1, 0.15) is 36.2 Å².